The average Bonchev–Trinajstić information content (AvgIpc) is 2.50. The Labute approximate surface area is 88.2 Å². The van der Waals surface area contributed by atoms with Gasteiger partial charge in [0.2, 0.25) is 11.8 Å². The first-order chi connectivity index (χ1) is 7.08. The summed E-state index contributed by atoms with van der Waals surface area (Å²) in [4.78, 5) is 15.2. The molecule has 84 valence electrons. The van der Waals surface area contributed by atoms with Gasteiger partial charge in [0.15, 0.2) is 5.82 Å². The summed E-state index contributed by atoms with van der Waals surface area (Å²) in [6.07, 6.45) is 0.883. The molecule has 1 aromatic heterocycles. The number of amides is 1. The van der Waals surface area contributed by atoms with Gasteiger partial charge in [-0.1, -0.05) is 5.16 Å². The molecule has 0 saturated carbocycles. The summed E-state index contributed by atoms with van der Waals surface area (Å²) in [6, 6.07) is -0.115. The molecule has 0 bridgehead atoms. The van der Waals surface area contributed by atoms with E-state index in [0.717, 1.165) is 0 Å². The molecule has 15 heavy (non-hydrogen) atoms. The number of nitrogens with zero attached hydrogens (tertiary/aromatic N) is 2. The van der Waals surface area contributed by atoms with Crippen molar-refractivity contribution in [1.82, 2.24) is 15.5 Å². The lowest BCUT2D eigenvalue weighted by Crippen LogP contribution is -2.31. The van der Waals surface area contributed by atoms with E-state index in [2.05, 4.69) is 15.5 Å². The van der Waals surface area contributed by atoms with Gasteiger partial charge in [0, 0.05) is 25.4 Å². The second-order valence-electron chi connectivity index (χ2n) is 3.52. The molecule has 0 aliphatic carbocycles. The number of carbonyl (C=O) groups excluding carboxylic acids is 1. The largest absolute Gasteiger partial charge is 0.356 e. The number of carbonyl (C=O) groups is 1. The molecule has 3 N–H and O–H groups in total. The molecule has 1 amide bonds. The minimum Gasteiger partial charge on any atom is -0.356 e. The van der Waals surface area contributed by atoms with Crippen molar-refractivity contribution >= 4 is 5.91 Å². The third kappa shape index (κ3) is 4.55. The fourth-order valence-corrected chi connectivity index (χ4v) is 1.12. The Hall–Kier alpha value is -1.43. The third-order valence-corrected chi connectivity index (χ3v) is 1.74. The van der Waals surface area contributed by atoms with E-state index < -0.39 is 0 Å². The van der Waals surface area contributed by atoms with Crippen molar-refractivity contribution in [2.45, 2.75) is 32.7 Å². The Morgan fingerprint density at radius 3 is 2.93 bits per heavy atom. The lowest BCUT2D eigenvalue weighted by atomic mass is 10.2. The summed E-state index contributed by atoms with van der Waals surface area (Å²) in [5, 5.41) is 6.37. The van der Waals surface area contributed by atoms with Crippen LogP contribution in [0.4, 0.5) is 0 Å². The van der Waals surface area contributed by atoms with Crippen molar-refractivity contribution in [1.29, 1.82) is 0 Å². The maximum Gasteiger partial charge on any atom is 0.228 e. The average molecular weight is 212 g/mol. The summed E-state index contributed by atoms with van der Waals surface area (Å²) in [6.45, 7) is 4.04. The molecule has 6 heteroatoms. The predicted octanol–water partition coefficient (Wildman–Crippen LogP) is -0.226. The zero-order chi connectivity index (χ0) is 11.3. The summed E-state index contributed by atoms with van der Waals surface area (Å²) in [5.41, 5.74) is 5.48. The van der Waals surface area contributed by atoms with Gasteiger partial charge in [-0.15, -0.1) is 0 Å². The van der Waals surface area contributed by atoms with Crippen LogP contribution in [0.5, 0.6) is 0 Å². The SMILES string of the molecule is Cc1noc(CCNC(=O)CC(C)N)n1. The molecule has 0 aliphatic rings. The fourth-order valence-electron chi connectivity index (χ4n) is 1.12. The topological polar surface area (TPSA) is 94.0 Å². The highest BCUT2D eigenvalue weighted by Crippen LogP contribution is 1.95. The van der Waals surface area contributed by atoms with Crippen LogP contribution in [-0.4, -0.2) is 28.6 Å². The Morgan fingerprint density at radius 1 is 1.67 bits per heavy atom. The van der Waals surface area contributed by atoms with Crippen LogP contribution in [0.3, 0.4) is 0 Å². The van der Waals surface area contributed by atoms with Crippen LogP contribution in [0.1, 0.15) is 25.1 Å². The van der Waals surface area contributed by atoms with E-state index in [1.807, 2.05) is 0 Å². The predicted molar refractivity (Wildman–Crippen MR) is 54.0 cm³/mol. The van der Waals surface area contributed by atoms with Crippen LogP contribution in [0.25, 0.3) is 0 Å². The number of nitrogens with two attached hydrogens (primary N) is 1. The molecule has 0 aliphatic heterocycles. The van der Waals surface area contributed by atoms with Crippen LogP contribution in [-0.2, 0) is 11.2 Å². The molecule has 1 rings (SSSR count). The number of aromatic nitrogens is 2. The van der Waals surface area contributed by atoms with Gasteiger partial charge >= 0.3 is 0 Å². The lowest BCUT2D eigenvalue weighted by Gasteiger charge is -2.05. The molecular weight excluding hydrogens is 196 g/mol. The second-order valence-corrected chi connectivity index (χ2v) is 3.52. The molecule has 1 atom stereocenters. The first-order valence-electron chi connectivity index (χ1n) is 4.89. The lowest BCUT2D eigenvalue weighted by molar-refractivity contribution is -0.121. The smallest absolute Gasteiger partial charge is 0.228 e. The molecule has 6 nitrogen and oxygen atoms in total. The molecule has 0 saturated heterocycles. The first kappa shape index (κ1) is 11.6. The first-order valence-corrected chi connectivity index (χ1v) is 4.89. The summed E-state index contributed by atoms with van der Waals surface area (Å²) in [5.74, 6) is 1.08. The Kier molecular flexibility index (Phi) is 4.23. The maximum absolute atomic E-state index is 11.2. The van der Waals surface area contributed by atoms with Gasteiger partial charge in [0.1, 0.15) is 0 Å². The van der Waals surface area contributed by atoms with E-state index in [1.165, 1.54) is 0 Å². The molecule has 1 heterocycles. The van der Waals surface area contributed by atoms with E-state index in [4.69, 9.17) is 10.3 Å². The van der Waals surface area contributed by atoms with Gasteiger partial charge in [-0.05, 0) is 13.8 Å². The molecule has 0 aromatic carbocycles. The van der Waals surface area contributed by atoms with Crippen LogP contribution in [0, 0.1) is 6.92 Å². The van der Waals surface area contributed by atoms with Gasteiger partial charge in [0.05, 0.1) is 0 Å². The highest BCUT2D eigenvalue weighted by Gasteiger charge is 2.06. The molecule has 0 spiro atoms. The number of hydrogen-bond donors (Lipinski definition) is 2. The van der Waals surface area contributed by atoms with E-state index in [9.17, 15) is 4.79 Å². The van der Waals surface area contributed by atoms with Gasteiger partial charge < -0.3 is 15.6 Å². The van der Waals surface area contributed by atoms with E-state index in [-0.39, 0.29) is 11.9 Å². The number of aryl methyl sites for hydroxylation is 1. The Morgan fingerprint density at radius 2 is 2.40 bits per heavy atom. The fraction of sp³-hybridized carbons (Fsp3) is 0.667. The zero-order valence-electron chi connectivity index (χ0n) is 8.99. The third-order valence-electron chi connectivity index (χ3n) is 1.74. The molecule has 0 fully saturated rings. The van der Waals surface area contributed by atoms with Crippen molar-refractivity contribution in [3.8, 4) is 0 Å². The van der Waals surface area contributed by atoms with Crippen molar-refractivity contribution in [2.24, 2.45) is 5.73 Å². The van der Waals surface area contributed by atoms with Gasteiger partial charge in [-0.3, -0.25) is 4.79 Å². The second kappa shape index (κ2) is 5.45. The van der Waals surface area contributed by atoms with Gasteiger partial charge in [-0.2, -0.15) is 4.98 Å². The van der Waals surface area contributed by atoms with Crippen molar-refractivity contribution in [3.05, 3.63) is 11.7 Å². The minimum atomic E-state index is -0.115. The van der Waals surface area contributed by atoms with Gasteiger partial charge in [0.25, 0.3) is 0 Å². The number of rotatable bonds is 5. The van der Waals surface area contributed by atoms with E-state index in [0.29, 0.717) is 31.1 Å². The van der Waals surface area contributed by atoms with Crippen molar-refractivity contribution < 1.29 is 9.32 Å². The quantitative estimate of drug-likeness (QED) is 0.703. The Balaban J connectivity index is 2.19. The molecule has 0 radical (unpaired) electrons. The minimum absolute atomic E-state index is 0.0544. The van der Waals surface area contributed by atoms with E-state index in [1.54, 1.807) is 13.8 Å². The van der Waals surface area contributed by atoms with Crippen LogP contribution < -0.4 is 11.1 Å². The summed E-state index contributed by atoms with van der Waals surface area (Å²) < 4.78 is 4.89. The maximum atomic E-state index is 11.2. The summed E-state index contributed by atoms with van der Waals surface area (Å²) >= 11 is 0. The van der Waals surface area contributed by atoms with Crippen LogP contribution in [0.2, 0.25) is 0 Å². The van der Waals surface area contributed by atoms with E-state index >= 15 is 0 Å². The number of hydrogen-bond acceptors (Lipinski definition) is 5. The molecule has 1 aromatic rings. The van der Waals surface area contributed by atoms with Crippen molar-refractivity contribution in [3.63, 3.8) is 0 Å². The normalized spacial score (nSPS) is 12.5. The van der Waals surface area contributed by atoms with Crippen molar-refractivity contribution in [2.75, 3.05) is 6.54 Å². The van der Waals surface area contributed by atoms with Crippen LogP contribution in [0.15, 0.2) is 4.52 Å². The van der Waals surface area contributed by atoms with Gasteiger partial charge in [-0.25, -0.2) is 0 Å². The zero-order valence-corrected chi connectivity index (χ0v) is 8.99. The highest BCUT2D eigenvalue weighted by molar-refractivity contribution is 5.76. The highest BCUT2D eigenvalue weighted by atomic mass is 16.5. The monoisotopic (exact) mass is 212 g/mol. The standard InChI is InChI=1S/C9H16N4O2/c1-6(10)5-8(14)11-4-3-9-12-7(2)13-15-9/h6H,3-5,10H2,1-2H3,(H,11,14). The summed E-state index contributed by atoms with van der Waals surface area (Å²) in [7, 11) is 0. The number of nitrogens with one attached hydrogen (secondary N) is 1. The molecule has 1 unspecified atom stereocenters. The van der Waals surface area contributed by atoms with Crippen LogP contribution >= 0.6 is 0 Å². The Bertz CT molecular complexity index is 322. The molecular formula is C9H16N4O2.